The van der Waals surface area contributed by atoms with E-state index in [9.17, 15) is 4.79 Å². The number of carbonyl (C=O) groups is 1. The number of piperidine rings is 1. The van der Waals surface area contributed by atoms with E-state index in [0.29, 0.717) is 12.5 Å². The summed E-state index contributed by atoms with van der Waals surface area (Å²) in [7, 11) is 1.46. The van der Waals surface area contributed by atoms with E-state index in [1.807, 2.05) is 0 Å². The smallest absolute Gasteiger partial charge is 0.305 e. The summed E-state index contributed by atoms with van der Waals surface area (Å²) in [4.78, 5) is 13.8. The van der Waals surface area contributed by atoms with Crippen LogP contribution in [0.15, 0.2) is 30.3 Å². The van der Waals surface area contributed by atoms with Crippen molar-refractivity contribution in [2.75, 3.05) is 13.7 Å². The SMILES string of the molecule is COC(=O)CCC1CCCCN1Cc1ccccc1. The van der Waals surface area contributed by atoms with E-state index in [4.69, 9.17) is 4.74 Å². The Labute approximate surface area is 115 Å². The number of methoxy groups -OCH3 is 1. The van der Waals surface area contributed by atoms with Crippen LogP contribution in [0.2, 0.25) is 0 Å². The van der Waals surface area contributed by atoms with Gasteiger partial charge in [-0.1, -0.05) is 36.8 Å². The molecule has 0 saturated carbocycles. The number of nitrogens with zero attached hydrogens (tertiary/aromatic N) is 1. The van der Waals surface area contributed by atoms with Gasteiger partial charge in [0, 0.05) is 19.0 Å². The first-order chi connectivity index (χ1) is 9.29. The molecule has 1 aromatic carbocycles. The summed E-state index contributed by atoms with van der Waals surface area (Å²) in [5, 5.41) is 0. The number of likely N-dealkylation sites (tertiary alicyclic amines) is 1. The summed E-state index contributed by atoms with van der Waals surface area (Å²) in [6.45, 7) is 2.13. The van der Waals surface area contributed by atoms with Crippen LogP contribution in [0, 0.1) is 0 Å². The molecule has 1 aromatic rings. The van der Waals surface area contributed by atoms with Crippen molar-refractivity contribution in [1.29, 1.82) is 0 Å². The standard InChI is InChI=1S/C16H23NO2/c1-19-16(18)11-10-15-9-5-6-12-17(15)13-14-7-3-2-4-8-14/h2-4,7-8,15H,5-6,9-13H2,1H3. The van der Waals surface area contributed by atoms with Gasteiger partial charge in [-0.2, -0.15) is 0 Å². The van der Waals surface area contributed by atoms with Gasteiger partial charge in [-0.3, -0.25) is 9.69 Å². The Balaban J connectivity index is 1.90. The van der Waals surface area contributed by atoms with Crippen molar-refractivity contribution < 1.29 is 9.53 Å². The number of ether oxygens (including phenoxy) is 1. The number of hydrogen-bond acceptors (Lipinski definition) is 3. The van der Waals surface area contributed by atoms with E-state index in [1.165, 1.54) is 31.9 Å². The molecule has 0 amide bonds. The number of esters is 1. The maximum Gasteiger partial charge on any atom is 0.305 e. The molecule has 0 aromatic heterocycles. The van der Waals surface area contributed by atoms with E-state index >= 15 is 0 Å². The highest BCUT2D eigenvalue weighted by Gasteiger charge is 2.23. The third-order valence-corrected chi connectivity index (χ3v) is 3.89. The zero-order chi connectivity index (χ0) is 13.5. The van der Waals surface area contributed by atoms with Gasteiger partial charge in [0.25, 0.3) is 0 Å². The van der Waals surface area contributed by atoms with Crippen molar-refractivity contribution in [2.24, 2.45) is 0 Å². The topological polar surface area (TPSA) is 29.5 Å². The average Bonchev–Trinajstić information content (AvgIpc) is 2.47. The minimum Gasteiger partial charge on any atom is -0.469 e. The van der Waals surface area contributed by atoms with Gasteiger partial charge in [-0.15, -0.1) is 0 Å². The average molecular weight is 261 g/mol. The zero-order valence-corrected chi connectivity index (χ0v) is 11.7. The summed E-state index contributed by atoms with van der Waals surface area (Å²) in [5.41, 5.74) is 1.35. The molecule has 0 radical (unpaired) electrons. The first-order valence-electron chi connectivity index (χ1n) is 7.14. The summed E-state index contributed by atoms with van der Waals surface area (Å²) in [6.07, 6.45) is 5.19. The monoisotopic (exact) mass is 261 g/mol. The third kappa shape index (κ3) is 4.35. The van der Waals surface area contributed by atoms with Crippen molar-refractivity contribution in [1.82, 2.24) is 4.90 Å². The first-order valence-corrected chi connectivity index (χ1v) is 7.14. The molecule has 1 aliphatic heterocycles. The lowest BCUT2D eigenvalue weighted by Crippen LogP contribution is -2.39. The van der Waals surface area contributed by atoms with E-state index in [1.54, 1.807) is 0 Å². The van der Waals surface area contributed by atoms with E-state index in [-0.39, 0.29) is 5.97 Å². The van der Waals surface area contributed by atoms with Crippen LogP contribution in [0.25, 0.3) is 0 Å². The van der Waals surface area contributed by atoms with Gasteiger partial charge >= 0.3 is 5.97 Å². The first kappa shape index (κ1) is 14.1. The van der Waals surface area contributed by atoms with E-state index in [0.717, 1.165) is 19.5 Å². The Morgan fingerprint density at radius 2 is 2.11 bits per heavy atom. The number of carbonyl (C=O) groups excluding carboxylic acids is 1. The Bertz CT molecular complexity index is 391. The second-order valence-corrected chi connectivity index (χ2v) is 5.22. The van der Waals surface area contributed by atoms with E-state index < -0.39 is 0 Å². The number of rotatable bonds is 5. The van der Waals surface area contributed by atoms with E-state index in [2.05, 4.69) is 35.2 Å². The van der Waals surface area contributed by atoms with Gasteiger partial charge in [0.15, 0.2) is 0 Å². The molecule has 2 rings (SSSR count). The molecule has 1 atom stereocenters. The molecule has 1 aliphatic rings. The normalized spacial score (nSPS) is 20.2. The highest BCUT2D eigenvalue weighted by molar-refractivity contribution is 5.69. The lowest BCUT2D eigenvalue weighted by Gasteiger charge is -2.35. The Hall–Kier alpha value is -1.35. The summed E-state index contributed by atoms with van der Waals surface area (Å²) in [6, 6.07) is 11.1. The Morgan fingerprint density at radius 3 is 2.84 bits per heavy atom. The van der Waals surface area contributed by atoms with Crippen LogP contribution >= 0.6 is 0 Å². The van der Waals surface area contributed by atoms with Crippen LogP contribution in [0.5, 0.6) is 0 Å². The molecule has 0 aliphatic carbocycles. The van der Waals surface area contributed by atoms with Gasteiger partial charge in [0.1, 0.15) is 0 Å². The second-order valence-electron chi connectivity index (χ2n) is 5.22. The van der Waals surface area contributed by atoms with Gasteiger partial charge in [0.2, 0.25) is 0 Å². The molecule has 3 nitrogen and oxygen atoms in total. The zero-order valence-electron chi connectivity index (χ0n) is 11.7. The molecule has 0 N–H and O–H groups in total. The summed E-state index contributed by atoms with van der Waals surface area (Å²) in [5.74, 6) is -0.0924. The molecule has 3 heteroatoms. The van der Waals surface area contributed by atoms with Crippen LogP contribution in [0.1, 0.15) is 37.7 Å². The lowest BCUT2D eigenvalue weighted by molar-refractivity contribution is -0.141. The number of hydrogen-bond donors (Lipinski definition) is 0. The van der Waals surface area contributed by atoms with Crippen LogP contribution < -0.4 is 0 Å². The fourth-order valence-corrected chi connectivity index (χ4v) is 2.80. The lowest BCUT2D eigenvalue weighted by atomic mass is 9.97. The molecule has 0 bridgehead atoms. The van der Waals surface area contributed by atoms with Crippen molar-refractivity contribution in [2.45, 2.75) is 44.7 Å². The molecular formula is C16H23NO2. The Kier molecular flexibility index (Phi) is 5.40. The molecule has 1 heterocycles. The minimum absolute atomic E-state index is 0.0924. The predicted octanol–water partition coefficient (Wildman–Crippen LogP) is 2.99. The van der Waals surface area contributed by atoms with Crippen LogP contribution in [0.3, 0.4) is 0 Å². The predicted molar refractivity (Wildman–Crippen MR) is 75.7 cm³/mol. The van der Waals surface area contributed by atoms with Crippen molar-refractivity contribution >= 4 is 5.97 Å². The highest BCUT2D eigenvalue weighted by atomic mass is 16.5. The summed E-state index contributed by atoms with van der Waals surface area (Å²) < 4.78 is 4.74. The number of benzene rings is 1. The fraction of sp³-hybridized carbons (Fsp3) is 0.562. The highest BCUT2D eigenvalue weighted by Crippen LogP contribution is 2.23. The minimum atomic E-state index is -0.0924. The molecule has 1 unspecified atom stereocenters. The molecule has 104 valence electrons. The largest absolute Gasteiger partial charge is 0.469 e. The maximum atomic E-state index is 11.3. The van der Waals surface area contributed by atoms with Crippen LogP contribution in [-0.2, 0) is 16.1 Å². The molecule has 0 spiro atoms. The van der Waals surface area contributed by atoms with Gasteiger partial charge in [-0.05, 0) is 31.4 Å². The van der Waals surface area contributed by atoms with Crippen LogP contribution in [-0.4, -0.2) is 30.6 Å². The Morgan fingerprint density at radius 1 is 1.32 bits per heavy atom. The van der Waals surface area contributed by atoms with Gasteiger partial charge in [0.05, 0.1) is 7.11 Å². The van der Waals surface area contributed by atoms with Crippen LogP contribution in [0.4, 0.5) is 0 Å². The summed E-state index contributed by atoms with van der Waals surface area (Å²) >= 11 is 0. The van der Waals surface area contributed by atoms with Crippen molar-refractivity contribution in [3.8, 4) is 0 Å². The van der Waals surface area contributed by atoms with Gasteiger partial charge in [-0.25, -0.2) is 0 Å². The molecule has 19 heavy (non-hydrogen) atoms. The fourth-order valence-electron chi connectivity index (χ4n) is 2.80. The maximum absolute atomic E-state index is 11.3. The molecular weight excluding hydrogens is 238 g/mol. The van der Waals surface area contributed by atoms with Crippen molar-refractivity contribution in [3.05, 3.63) is 35.9 Å². The second kappa shape index (κ2) is 7.29. The molecule has 1 fully saturated rings. The molecule has 1 saturated heterocycles. The third-order valence-electron chi connectivity index (χ3n) is 3.89. The quantitative estimate of drug-likeness (QED) is 0.763. The van der Waals surface area contributed by atoms with Gasteiger partial charge < -0.3 is 4.74 Å². The van der Waals surface area contributed by atoms with Crippen molar-refractivity contribution in [3.63, 3.8) is 0 Å².